The van der Waals surface area contributed by atoms with Gasteiger partial charge >= 0.3 is 0 Å². The van der Waals surface area contributed by atoms with Crippen molar-refractivity contribution in [3.05, 3.63) is 163 Å². The first kappa shape index (κ1) is 29.0. The van der Waals surface area contributed by atoms with Gasteiger partial charge in [-0.15, -0.1) is 0 Å². The van der Waals surface area contributed by atoms with Gasteiger partial charge < -0.3 is 9.13 Å². The number of aromatic nitrogens is 3. The van der Waals surface area contributed by atoms with Gasteiger partial charge in [0, 0.05) is 39.1 Å². The Kier molecular flexibility index (Phi) is 6.90. The average molecular weight is 644 g/mol. The molecule has 10 rings (SSSR count). The third kappa shape index (κ3) is 4.76. The van der Waals surface area contributed by atoms with Crippen LogP contribution < -0.4 is 0 Å². The van der Waals surface area contributed by atoms with Crippen LogP contribution in [0.5, 0.6) is 0 Å². The molecule has 0 aliphatic heterocycles. The minimum absolute atomic E-state index is 0.543. The van der Waals surface area contributed by atoms with Crippen LogP contribution in [-0.2, 0) is 0 Å². The number of nitrogens with zero attached hydrogens (tertiary/aromatic N) is 3. The summed E-state index contributed by atoms with van der Waals surface area (Å²) in [4.78, 5) is 5.48. The molecule has 3 aromatic heterocycles. The summed E-state index contributed by atoms with van der Waals surface area (Å²) in [6, 6.07) is 57.6. The first-order chi connectivity index (χ1) is 24.8. The van der Waals surface area contributed by atoms with E-state index in [0.717, 1.165) is 22.4 Å². The monoisotopic (exact) mass is 643 g/mol. The topological polar surface area (TPSA) is 22.8 Å². The summed E-state index contributed by atoms with van der Waals surface area (Å²) in [5.74, 6) is 0.543. The van der Waals surface area contributed by atoms with E-state index >= 15 is 0 Å². The first-order valence-electron chi connectivity index (χ1n) is 18.0. The molecule has 0 N–H and O–H groups in total. The maximum Gasteiger partial charge on any atom is 0.0967 e. The average Bonchev–Trinajstić information content (AvgIpc) is 3.70. The van der Waals surface area contributed by atoms with Gasteiger partial charge in [-0.05, 0) is 102 Å². The fraction of sp³-hybridized carbons (Fsp3) is 0.128. The van der Waals surface area contributed by atoms with E-state index < -0.39 is 0 Å². The predicted molar refractivity (Wildman–Crippen MR) is 210 cm³/mol. The van der Waals surface area contributed by atoms with Crippen LogP contribution in [0.25, 0.3) is 77.4 Å². The molecular weight excluding hydrogens is 607 g/mol. The Morgan fingerprint density at radius 1 is 0.400 bits per heavy atom. The number of benzene rings is 6. The quantitative estimate of drug-likeness (QED) is 0.183. The van der Waals surface area contributed by atoms with Crippen LogP contribution in [0.3, 0.4) is 0 Å². The molecule has 0 spiro atoms. The Bertz CT molecular complexity index is 2560. The van der Waals surface area contributed by atoms with Gasteiger partial charge in [0.05, 0.1) is 27.6 Å². The second-order valence-electron chi connectivity index (χ2n) is 13.8. The lowest BCUT2D eigenvalue weighted by Crippen LogP contribution is -2.06. The number of pyridine rings is 1. The molecule has 0 atom stereocenters. The highest BCUT2D eigenvalue weighted by molar-refractivity contribution is 6.13. The molecule has 3 nitrogen and oxygen atoms in total. The van der Waals surface area contributed by atoms with Gasteiger partial charge in [-0.2, -0.15) is 0 Å². The minimum atomic E-state index is 0.543. The number of rotatable bonds is 5. The van der Waals surface area contributed by atoms with Gasteiger partial charge in [-0.25, -0.2) is 0 Å². The van der Waals surface area contributed by atoms with Gasteiger partial charge in [0.2, 0.25) is 0 Å². The molecule has 0 bridgehead atoms. The molecule has 0 unspecified atom stereocenters. The lowest BCUT2D eigenvalue weighted by Gasteiger charge is -2.21. The van der Waals surface area contributed by atoms with Crippen LogP contribution in [0.1, 0.15) is 43.7 Å². The van der Waals surface area contributed by atoms with Crippen molar-refractivity contribution in [2.45, 2.75) is 38.0 Å². The van der Waals surface area contributed by atoms with Crippen LogP contribution in [0.4, 0.5) is 0 Å². The summed E-state index contributed by atoms with van der Waals surface area (Å²) >= 11 is 0. The smallest absolute Gasteiger partial charge is 0.0967 e. The summed E-state index contributed by atoms with van der Waals surface area (Å²) in [7, 11) is 0. The minimum Gasteiger partial charge on any atom is -0.309 e. The summed E-state index contributed by atoms with van der Waals surface area (Å²) in [6.45, 7) is 0. The van der Waals surface area contributed by atoms with E-state index in [4.69, 9.17) is 4.98 Å². The fourth-order valence-corrected chi connectivity index (χ4v) is 8.43. The maximum absolute atomic E-state index is 5.48. The maximum atomic E-state index is 5.48. The van der Waals surface area contributed by atoms with Crippen LogP contribution in [0.2, 0.25) is 0 Å². The molecule has 50 heavy (non-hydrogen) atoms. The third-order valence-electron chi connectivity index (χ3n) is 10.9. The molecule has 3 heterocycles. The van der Waals surface area contributed by atoms with E-state index in [0.29, 0.717) is 5.92 Å². The van der Waals surface area contributed by atoms with E-state index in [1.54, 1.807) is 0 Å². The van der Waals surface area contributed by atoms with Crippen molar-refractivity contribution >= 4 is 43.7 Å². The van der Waals surface area contributed by atoms with Crippen molar-refractivity contribution in [2.24, 2.45) is 0 Å². The number of hydrogen-bond acceptors (Lipinski definition) is 1. The van der Waals surface area contributed by atoms with Gasteiger partial charge in [0.25, 0.3) is 0 Å². The van der Waals surface area contributed by atoms with E-state index in [9.17, 15) is 0 Å². The van der Waals surface area contributed by atoms with E-state index in [-0.39, 0.29) is 0 Å². The molecule has 240 valence electrons. The molecule has 9 aromatic rings. The van der Waals surface area contributed by atoms with Crippen LogP contribution in [0, 0.1) is 0 Å². The highest BCUT2D eigenvalue weighted by atomic mass is 15.0. The van der Waals surface area contributed by atoms with Crippen LogP contribution >= 0.6 is 0 Å². The number of hydrogen-bond donors (Lipinski definition) is 0. The lowest BCUT2D eigenvalue weighted by molar-refractivity contribution is 0.437. The molecule has 1 saturated carbocycles. The molecule has 0 saturated heterocycles. The van der Waals surface area contributed by atoms with Gasteiger partial charge in [0.15, 0.2) is 0 Å². The van der Waals surface area contributed by atoms with Gasteiger partial charge in [-0.1, -0.05) is 110 Å². The highest BCUT2D eigenvalue weighted by Crippen LogP contribution is 2.40. The third-order valence-corrected chi connectivity index (χ3v) is 10.9. The van der Waals surface area contributed by atoms with Crippen molar-refractivity contribution in [1.82, 2.24) is 14.1 Å². The van der Waals surface area contributed by atoms with Crippen molar-refractivity contribution in [3.63, 3.8) is 0 Å². The Morgan fingerprint density at radius 3 is 1.54 bits per heavy atom. The van der Waals surface area contributed by atoms with Crippen molar-refractivity contribution < 1.29 is 0 Å². The normalized spacial score (nSPS) is 13.9. The molecule has 3 heteroatoms. The Balaban J connectivity index is 1.23. The van der Waals surface area contributed by atoms with Crippen molar-refractivity contribution in [1.29, 1.82) is 0 Å². The fourth-order valence-electron chi connectivity index (χ4n) is 8.43. The van der Waals surface area contributed by atoms with Gasteiger partial charge in [-0.3, -0.25) is 4.98 Å². The molecule has 0 radical (unpaired) electrons. The Labute approximate surface area is 292 Å². The SMILES string of the molecule is c1ccc(-c2ccc3c(c2)c2cc(-c4ccccc4)ccc2n3-c2ccc3c(c2)c2nc(C4CCCCC4)ccc2n3-c2ccccc2)cc1. The second-order valence-corrected chi connectivity index (χ2v) is 13.8. The molecule has 0 amide bonds. The van der Waals surface area contributed by atoms with Crippen molar-refractivity contribution in [3.8, 4) is 33.6 Å². The van der Waals surface area contributed by atoms with Crippen molar-refractivity contribution in [2.75, 3.05) is 0 Å². The highest BCUT2D eigenvalue weighted by Gasteiger charge is 2.21. The Hall–Kier alpha value is -5.93. The second kappa shape index (κ2) is 11.9. The molecular formula is C47H37N3. The summed E-state index contributed by atoms with van der Waals surface area (Å²) in [5, 5.41) is 3.70. The first-order valence-corrected chi connectivity index (χ1v) is 18.0. The van der Waals surface area contributed by atoms with Crippen LogP contribution in [0.15, 0.2) is 158 Å². The molecule has 6 aromatic carbocycles. The standard InChI is InChI=1S/C47H37N3/c1-5-13-32(14-6-1)35-21-25-43-39(29-35)40-30-36(33-15-7-2-8-16-33)22-26-44(40)50(43)38-23-27-45-41(31-38)47-46(49(45)37-19-11-4-12-20-37)28-24-42(48-47)34-17-9-3-10-18-34/h1-2,4-8,11-16,19-31,34H,3,9-10,17-18H2. The summed E-state index contributed by atoms with van der Waals surface area (Å²) in [5.41, 5.74) is 14.3. The van der Waals surface area contributed by atoms with E-state index in [1.165, 1.54) is 92.8 Å². The molecule has 1 aliphatic carbocycles. The summed E-state index contributed by atoms with van der Waals surface area (Å²) in [6.07, 6.45) is 6.41. The largest absolute Gasteiger partial charge is 0.309 e. The molecule has 1 fully saturated rings. The molecule has 1 aliphatic rings. The van der Waals surface area contributed by atoms with E-state index in [1.807, 2.05) is 0 Å². The number of fused-ring (bicyclic) bond motifs is 6. The zero-order chi connectivity index (χ0) is 33.0. The number of para-hydroxylation sites is 1. The zero-order valence-electron chi connectivity index (χ0n) is 28.0. The summed E-state index contributed by atoms with van der Waals surface area (Å²) < 4.78 is 4.83. The van der Waals surface area contributed by atoms with Crippen LogP contribution in [-0.4, -0.2) is 14.1 Å². The lowest BCUT2D eigenvalue weighted by atomic mass is 9.86. The zero-order valence-corrected chi connectivity index (χ0v) is 28.0. The van der Waals surface area contributed by atoms with Gasteiger partial charge in [0.1, 0.15) is 0 Å². The van der Waals surface area contributed by atoms with E-state index in [2.05, 4.69) is 167 Å². The predicted octanol–water partition coefficient (Wildman–Crippen LogP) is 12.7. The Morgan fingerprint density at radius 2 is 0.920 bits per heavy atom.